The number of para-hydroxylation sites is 1. The molecule has 0 radical (unpaired) electrons. The highest BCUT2D eigenvalue weighted by molar-refractivity contribution is 7.52. The van der Waals surface area contributed by atoms with Gasteiger partial charge in [0.1, 0.15) is 35.3 Å². The van der Waals surface area contributed by atoms with E-state index in [0.29, 0.717) is 11.2 Å². The maximum Gasteiger partial charge on any atom is 0.459 e. The number of nitrogens with one attached hydrogen (secondary N) is 2. The van der Waals surface area contributed by atoms with Crippen LogP contribution in [0.3, 0.4) is 0 Å². The Bertz CT molecular complexity index is 1820. The van der Waals surface area contributed by atoms with Gasteiger partial charge in [0.15, 0.2) is 18.0 Å². The van der Waals surface area contributed by atoms with Crippen molar-refractivity contribution in [2.75, 3.05) is 11.9 Å². The van der Waals surface area contributed by atoms with Crippen molar-refractivity contribution in [3.8, 4) is 5.75 Å². The van der Waals surface area contributed by atoms with Gasteiger partial charge in [0, 0.05) is 5.92 Å². The second kappa shape index (κ2) is 17.2. The monoisotopic (exact) mass is 759 g/mol. The Labute approximate surface area is 309 Å². The number of nitrogens with zero attached hydrogens (tertiary/aromatic N) is 3. The molecular formula is C36H50N5O11P. The minimum absolute atomic E-state index is 0.175. The molecule has 16 nitrogen and oxygen atoms in total. The highest BCUT2D eigenvalue weighted by Gasteiger charge is 2.59. The van der Waals surface area contributed by atoms with Crippen LogP contribution in [0.2, 0.25) is 0 Å². The molecule has 53 heavy (non-hydrogen) atoms. The topological polar surface area (TPSA) is 195 Å². The van der Waals surface area contributed by atoms with Crippen LogP contribution in [0.15, 0.2) is 48.8 Å². The normalized spacial score (nSPS) is 21.8. The van der Waals surface area contributed by atoms with E-state index in [4.69, 9.17) is 28.0 Å². The van der Waals surface area contributed by atoms with Gasteiger partial charge in [-0.2, -0.15) is 10.2 Å². The van der Waals surface area contributed by atoms with Crippen LogP contribution >= 0.6 is 7.75 Å². The van der Waals surface area contributed by atoms with Gasteiger partial charge in [0.05, 0.1) is 30.2 Å². The first-order chi connectivity index (χ1) is 24.8. The van der Waals surface area contributed by atoms with Crippen LogP contribution in [0, 0.1) is 17.8 Å². The summed E-state index contributed by atoms with van der Waals surface area (Å²) in [6.45, 7) is 15.9. The number of rotatable bonds is 16. The van der Waals surface area contributed by atoms with E-state index in [-0.39, 0.29) is 23.4 Å². The average Bonchev–Trinajstić information content (AvgIpc) is 3.63. The minimum atomic E-state index is -4.42. The van der Waals surface area contributed by atoms with Crippen LogP contribution in [0.5, 0.6) is 5.75 Å². The first-order valence-electron chi connectivity index (χ1n) is 17.5. The molecule has 290 valence electrons. The molecule has 2 aromatic heterocycles. The van der Waals surface area contributed by atoms with Gasteiger partial charge in [0.25, 0.3) is 0 Å². The van der Waals surface area contributed by atoms with Crippen molar-refractivity contribution >= 4 is 42.9 Å². The van der Waals surface area contributed by atoms with Crippen LogP contribution in [0.1, 0.15) is 81.0 Å². The molecule has 6 atom stereocenters. The fourth-order valence-electron chi connectivity index (χ4n) is 5.20. The third-order valence-electron chi connectivity index (χ3n) is 8.12. The highest BCUT2D eigenvalue weighted by atomic mass is 31.2. The number of aromatic nitrogens is 3. The van der Waals surface area contributed by atoms with Gasteiger partial charge in [0.2, 0.25) is 5.91 Å². The average molecular weight is 760 g/mol. The molecule has 4 rings (SSSR count). The number of esters is 3. The summed E-state index contributed by atoms with van der Waals surface area (Å²) in [4.78, 5) is 56.0. The quantitative estimate of drug-likeness (QED) is 0.107. The third-order valence-corrected chi connectivity index (χ3v) is 9.74. The molecule has 0 unspecified atom stereocenters. The Morgan fingerprint density at radius 1 is 0.887 bits per heavy atom. The fourth-order valence-corrected chi connectivity index (χ4v) is 6.78. The predicted molar refractivity (Wildman–Crippen MR) is 193 cm³/mol. The molecule has 3 aromatic rings. The zero-order chi connectivity index (χ0) is 39.2. The lowest BCUT2D eigenvalue weighted by Gasteiger charge is -2.33. The van der Waals surface area contributed by atoms with Gasteiger partial charge in [-0.3, -0.25) is 23.7 Å². The minimum Gasteiger partial charge on any atom is -0.462 e. The molecular weight excluding hydrogens is 709 g/mol. The second-order valence-electron chi connectivity index (χ2n) is 14.2. The molecule has 0 spiro atoms. The van der Waals surface area contributed by atoms with Crippen LogP contribution in [0.25, 0.3) is 5.52 Å². The molecule has 1 aliphatic heterocycles. The van der Waals surface area contributed by atoms with Crippen molar-refractivity contribution in [3.63, 3.8) is 0 Å². The van der Waals surface area contributed by atoms with Gasteiger partial charge >= 0.3 is 25.7 Å². The lowest BCUT2D eigenvalue weighted by molar-refractivity contribution is -0.175. The Balaban J connectivity index is 1.78. The number of fused-ring (bicyclic) bond motifs is 1. The van der Waals surface area contributed by atoms with Gasteiger partial charge in [-0.15, -0.1) is 0 Å². The van der Waals surface area contributed by atoms with Crippen LogP contribution in [0.4, 0.5) is 5.82 Å². The number of hydrogen-bond acceptors (Lipinski definition) is 13. The SMILES string of the molecule is CC(C)OC(=O)[C@H](C)N[P@](=O)(OC[C@@]1(C)O[C@@H](c2ccc3c(NC(=O)C(C)C)ncnn23)[C@H](OC(=O)C(C)C)[C@@H]1OC(=O)C(C)C)Oc1ccccc1. The van der Waals surface area contributed by atoms with Crippen molar-refractivity contribution in [2.24, 2.45) is 17.8 Å². The molecule has 1 fully saturated rings. The van der Waals surface area contributed by atoms with Gasteiger partial charge in [-0.1, -0.05) is 59.7 Å². The van der Waals surface area contributed by atoms with E-state index in [0.717, 1.165) is 0 Å². The summed E-state index contributed by atoms with van der Waals surface area (Å²) in [6.07, 6.45) is -2.89. The molecule has 1 saturated heterocycles. The summed E-state index contributed by atoms with van der Waals surface area (Å²) >= 11 is 0. The third kappa shape index (κ3) is 10.2. The summed E-state index contributed by atoms with van der Waals surface area (Å²) < 4.78 is 51.8. The summed E-state index contributed by atoms with van der Waals surface area (Å²) in [5, 5.41) is 9.82. The summed E-state index contributed by atoms with van der Waals surface area (Å²) in [7, 11) is -4.42. The van der Waals surface area contributed by atoms with E-state index in [1.54, 1.807) is 105 Å². The molecule has 1 amide bonds. The summed E-state index contributed by atoms with van der Waals surface area (Å²) in [6, 6.07) is 10.4. The predicted octanol–water partition coefficient (Wildman–Crippen LogP) is 5.42. The van der Waals surface area contributed by atoms with Crippen molar-refractivity contribution in [1.82, 2.24) is 19.7 Å². The number of benzene rings is 1. The summed E-state index contributed by atoms with van der Waals surface area (Å²) in [5.74, 6) is -3.24. The van der Waals surface area contributed by atoms with Crippen molar-refractivity contribution in [2.45, 2.75) is 105 Å². The lowest BCUT2D eigenvalue weighted by atomic mass is 9.95. The zero-order valence-electron chi connectivity index (χ0n) is 31.7. The largest absolute Gasteiger partial charge is 0.462 e. The Hall–Kier alpha value is -4.37. The van der Waals surface area contributed by atoms with E-state index in [9.17, 15) is 23.7 Å². The number of amides is 1. The molecule has 17 heteroatoms. The molecule has 0 saturated carbocycles. The van der Waals surface area contributed by atoms with E-state index >= 15 is 0 Å². The second-order valence-corrected chi connectivity index (χ2v) is 15.9. The Morgan fingerprint density at radius 2 is 1.53 bits per heavy atom. The smallest absolute Gasteiger partial charge is 0.459 e. The van der Waals surface area contributed by atoms with Gasteiger partial charge < -0.3 is 28.8 Å². The molecule has 2 N–H and O–H groups in total. The number of carbonyl (C=O) groups is 4. The molecule has 3 heterocycles. The van der Waals surface area contributed by atoms with Crippen molar-refractivity contribution in [1.29, 1.82) is 0 Å². The fraction of sp³-hybridized carbons (Fsp3) is 0.556. The van der Waals surface area contributed by atoms with E-state index in [1.165, 1.54) is 17.8 Å². The Morgan fingerprint density at radius 3 is 2.13 bits per heavy atom. The van der Waals surface area contributed by atoms with E-state index in [1.807, 2.05) is 0 Å². The van der Waals surface area contributed by atoms with Crippen LogP contribution in [-0.4, -0.2) is 75.0 Å². The van der Waals surface area contributed by atoms with E-state index in [2.05, 4.69) is 20.5 Å². The number of carbonyl (C=O) groups excluding carboxylic acids is 4. The number of ether oxygens (including phenoxy) is 4. The van der Waals surface area contributed by atoms with Crippen molar-refractivity contribution < 1.29 is 51.7 Å². The standard InChI is InChI=1S/C36H50N5O11P/c1-20(2)32(42)39-31-27-17-16-26(41(27)38-19-37-31)28-29(49-33(43)21(3)4)30(50-34(44)22(5)6)36(10,51-28)18-47-53(46,52-25-14-12-11-13-15-25)40-24(9)35(45)48-23(7)8/h11-17,19-24,28-30H,18H2,1-10H3,(H,40,46)(H,37,38,39,42)/t24-,28-,29-,30-,36+,53-/m0/s1. The maximum atomic E-state index is 14.5. The lowest BCUT2D eigenvalue weighted by Crippen LogP contribution is -2.49. The first kappa shape index (κ1) is 41.4. The Kier molecular flexibility index (Phi) is 13.4. The maximum absolute atomic E-state index is 14.5. The number of hydrogen-bond donors (Lipinski definition) is 2. The summed E-state index contributed by atoms with van der Waals surface area (Å²) in [5.41, 5.74) is -0.866. The number of anilines is 1. The molecule has 0 bridgehead atoms. The molecule has 0 aliphatic carbocycles. The van der Waals surface area contributed by atoms with Crippen LogP contribution < -0.4 is 14.9 Å². The van der Waals surface area contributed by atoms with Gasteiger partial charge in [-0.25, -0.2) is 14.1 Å². The zero-order valence-corrected chi connectivity index (χ0v) is 32.6. The van der Waals surface area contributed by atoms with Crippen LogP contribution in [-0.2, 0) is 47.2 Å². The van der Waals surface area contributed by atoms with Gasteiger partial charge in [-0.05, 0) is 52.0 Å². The molecule has 1 aromatic carbocycles. The molecule has 1 aliphatic rings. The van der Waals surface area contributed by atoms with Crippen molar-refractivity contribution in [3.05, 3.63) is 54.5 Å². The first-order valence-corrected chi connectivity index (χ1v) is 19.1. The van der Waals surface area contributed by atoms with E-state index < -0.39 is 80.2 Å². The highest BCUT2D eigenvalue weighted by Crippen LogP contribution is 2.50.